The number of aromatic carboxylic acids is 1. The van der Waals surface area contributed by atoms with Crippen molar-refractivity contribution in [2.75, 3.05) is 0 Å². The molecule has 0 saturated carbocycles. The minimum Gasteiger partial charge on any atom is -0.478 e. The van der Waals surface area contributed by atoms with E-state index in [1.807, 2.05) is 44.2 Å². The molecule has 2 aromatic carbocycles. The van der Waals surface area contributed by atoms with E-state index in [4.69, 9.17) is 5.11 Å². The molecule has 0 aromatic heterocycles. The summed E-state index contributed by atoms with van der Waals surface area (Å²) in [5.74, 6) is -0.878. The number of carbonyl (C=O) groups is 1. The van der Waals surface area contributed by atoms with E-state index < -0.39 is 5.97 Å². The molecule has 1 N–H and O–H groups in total. The van der Waals surface area contributed by atoms with Crippen LogP contribution in [0.25, 0.3) is 10.8 Å². The van der Waals surface area contributed by atoms with Gasteiger partial charge in [0.25, 0.3) is 0 Å². The molecular formula is C13H14O2. The molecule has 78 valence electrons. The Bertz CT molecular complexity index is 456. The quantitative estimate of drug-likeness (QED) is 0.767. The van der Waals surface area contributed by atoms with Crippen LogP contribution in [0.2, 0.25) is 0 Å². The third-order valence-corrected chi connectivity index (χ3v) is 2.02. The van der Waals surface area contributed by atoms with Gasteiger partial charge in [0.15, 0.2) is 0 Å². The standard InChI is InChI=1S/C11H8O2.C2H6/c12-11(13)10-7-3-5-8-4-1-2-6-9(8)10;1-2/h1-7H,(H,12,13);1-2H3. The lowest BCUT2D eigenvalue weighted by Crippen LogP contribution is -1.96. The Labute approximate surface area is 89.2 Å². The Morgan fingerprint density at radius 1 is 1.00 bits per heavy atom. The van der Waals surface area contributed by atoms with Crippen LogP contribution in [0, 0.1) is 0 Å². The molecule has 0 unspecified atom stereocenters. The maximum absolute atomic E-state index is 10.8. The number of hydrogen-bond donors (Lipinski definition) is 1. The fourth-order valence-electron chi connectivity index (χ4n) is 1.41. The second-order valence-electron chi connectivity index (χ2n) is 2.83. The van der Waals surface area contributed by atoms with Crippen molar-refractivity contribution in [1.29, 1.82) is 0 Å². The van der Waals surface area contributed by atoms with Gasteiger partial charge in [-0.05, 0) is 16.8 Å². The van der Waals surface area contributed by atoms with Crippen LogP contribution in [0.3, 0.4) is 0 Å². The van der Waals surface area contributed by atoms with Gasteiger partial charge in [-0.1, -0.05) is 50.2 Å². The van der Waals surface area contributed by atoms with E-state index in [1.165, 1.54) is 0 Å². The molecule has 2 nitrogen and oxygen atoms in total. The topological polar surface area (TPSA) is 37.3 Å². The van der Waals surface area contributed by atoms with Gasteiger partial charge < -0.3 is 5.11 Å². The van der Waals surface area contributed by atoms with Crippen LogP contribution in [-0.2, 0) is 0 Å². The number of carboxylic acid groups (broad SMARTS) is 1. The number of fused-ring (bicyclic) bond motifs is 1. The number of hydrogen-bond acceptors (Lipinski definition) is 1. The first kappa shape index (κ1) is 11.2. The first-order chi connectivity index (χ1) is 7.29. The molecule has 0 atom stereocenters. The molecule has 2 heteroatoms. The smallest absolute Gasteiger partial charge is 0.336 e. The summed E-state index contributed by atoms with van der Waals surface area (Å²) in [6.07, 6.45) is 0. The second-order valence-corrected chi connectivity index (χ2v) is 2.83. The Morgan fingerprint density at radius 2 is 1.60 bits per heavy atom. The van der Waals surface area contributed by atoms with Crippen LogP contribution in [0.4, 0.5) is 0 Å². The van der Waals surface area contributed by atoms with Crippen molar-refractivity contribution in [3.8, 4) is 0 Å². The van der Waals surface area contributed by atoms with Gasteiger partial charge in [-0.3, -0.25) is 0 Å². The second kappa shape index (κ2) is 5.15. The summed E-state index contributed by atoms with van der Waals surface area (Å²) in [5, 5.41) is 10.6. The van der Waals surface area contributed by atoms with E-state index in [0.717, 1.165) is 10.8 Å². The Kier molecular flexibility index (Phi) is 3.86. The highest BCUT2D eigenvalue weighted by atomic mass is 16.4. The SMILES string of the molecule is CC.O=C(O)c1cccc2ccccc12. The van der Waals surface area contributed by atoms with Gasteiger partial charge >= 0.3 is 5.97 Å². The Hall–Kier alpha value is -1.83. The third kappa shape index (κ3) is 2.34. The van der Waals surface area contributed by atoms with Gasteiger partial charge in [-0.2, -0.15) is 0 Å². The lowest BCUT2D eigenvalue weighted by molar-refractivity contribution is 0.0699. The zero-order valence-corrected chi connectivity index (χ0v) is 8.90. The molecule has 2 rings (SSSR count). The molecule has 0 aliphatic rings. The first-order valence-corrected chi connectivity index (χ1v) is 5.00. The van der Waals surface area contributed by atoms with Crippen LogP contribution in [-0.4, -0.2) is 11.1 Å². The molecule has 0 spiro atoms. The molecule has 0 aliphatic heterocycles. The largest absolute Gasteiger partial charge is 0.478 e. The molecule has 0 heterocycles. The Morgan fingerprint density at radius 3 is 2.27 bits per heavy atom. The summed E-state index contributed by atoms with van der Waals surface area (Å²) < 4.78 is 0. The fraction of sp³-hybridized carbons (Fsp3) is 0.154. The Balaban J connectivity index is 0.000000531. The van der Waals surface area contributed by atoms with Crippen molar-refractivity contribution in [1.82, 2.24) is 0 Å². The molecule has 0 aliphatic carbocycles. The lowest BCUT2D eigenvalue weighted by Gasteiger charge is -2.00. The molecule has 0 saturated heterocycles. The van der Waals surface area contributed by atoms with Gasteiger partial charge in [0, 0.05) is 0 Å². The summed E-state index contributed by atoms with van der Waals surface area (Å²) in [5.41, 5.74) is 0.359. The summed E-state index contributed by atoms with van der Waals surface area (Å²) in [7, 11) is 0. The molecular weight excluding hydrogens is 188 g/mol. The highest BCUT2D eigenvalue weighted by molar-refractivity contribution is 6.03. The lowest BCUT2D eigenvalue weighted by atomic mass is 10.1. The average molecular weight is 202 g/mol. The zero-order valence-electron chi connectivity index (χ0n) is 8.90. The van der Waals surface area contributed by atoms with Crippen LogP contribution in [0.5, 0.6) is 0 Å². The summed E-state index contributed by atoms with van der Waals surface area (Å²) in [6, 6.07) is 12.7. The molecule has 2 aromatic rings. The molecule has 0 fully saturated rings. The fourth-order valence-corrected chi connectivity index (χ4v) is 1.41. The van der Waals surface area contributed by atoms with Crippen molar-refractivity contribution in [3.63, 3.8) is 0 Å². The molecule has 0 bridgehead atoms. The van der Waals surface area contributed by atoms with Crippen LogP contribution in [0.15, 0.2) is 42.5 Å². The van der Waals surface area contributed by atoms with Gasteiger partial charge in [-0.15, -0.1) is 0 Å². The monoisotopic (exact) mass is 202 g/mol. The van der Waals surface area contributed by atoms with Gasteiger partial charge in [0.2, 0.25) is 0 Å². The maximum atomic E-state index is 10.8. The minimum absolute atomic E-state index is 0.359. The van der Waals surface area contributed by atoms with E-state index in [0.29, 0.717) is 5.56 Å². The highest BCUT2D eigenvalue weighted by Gasteiger charge is 2.05. The van der Waals surface area contributed by atoms with Crippen molar-refractivity contribution < 1.29 is 9.90 Å². The highest BCUT2D eigenvalue weighted by Crippen LogP contribution is 2.17. The van der Waals surface area contributed by atoms with Crippen LogP contribution in [0.1, 0.15) is 24.2 Å². The van der Waals surface area contributed by atoms with Gasteiger partial charge in [0.1, 0.15) is 0 Å². The minimum atomic E-state index is -0.878. The van der Waals surface area contributed by atoms with Crippen LogP contribution < -0.4 is 0 Å². The average Bonchev–Trinajstić information content (AvgIpc) is 2.31. The van der Waals surface area contributed by atoms with Crippen LogP contribution >= 0.6 is 0 Å². The van der Waals surface area contributed by atoms with E-state index >= 15 is 0 Å². The predicted octanol–water partition coefficient (Wildman–Crippen LogP) is 3.56. The van der Waals surface area contributed by atoms with Crippen molar-refractivity contribution in [2.45, 2.75) is 13.8 Å². The maximum Gasteiger partial charge on any atom is 0.336 e. The number of rotatable bonds is 1. The van der Waals surface area contributed by atoms with E-state index in [2.05, 4.69) is 0 Å². The van der Waals surface area contributed by atoms with Gasteiger partial charge in [0.05, 0.1) is 5.56 Å². The number of benzene rings is 2. The molecule has 0 radical (unpaired) electrons. The third-order valence-electron chi connectivity index (χ3n) is 2.02. The predicted molar refractivity (Wildman–Crippen MR) is 62.3 cm³/mol. The summed E-state index contributed by atoms with van der Waals surface area (Å²) >= 11 is 0. The molecule has 15 heavy (non-hydrogen) atoms. The van der Waals surface area contributed by atoms with Gasteiger partial charge in [-0.25, -0.2) is 4.79 Å². The molecule has 0 amide bonds. The summed E-state index contributed by atoms with van der Waals surface area (Å²) in [6.45, 7) is 4.00. The van der Waals surface area contributed by atoms with E-state index in [-0.39, 0.29) is 0 Å². The normalized spacial score (nSPS) is 9.20. The first-order valence-electron chi connectivity index (χ1n) is 5.00. The van der Waals surface area contributed by atoms with E-state index in [1.54, 1.807) is 12.1 Å². The van der Waals surface area contributed by atoms with Crippen molar-refractivity contribution in [3.05, 3.63) is 48.0 Å². The van der Waals surface area contributed by atoms with Crippen molar-refractivity contribution >= 4 is 16.7 Å². The summed E-state index contributed by atoms with van der Waals surface area (Å²) in [4.78, 5) is 10.8. The zero-order chi connectivity index (χ0) is 11.3. The van der Waals surface area contributed by atoms with Crippen molar-refractivity contribution in [2.24, 2.45) is 0 Å². The van der Waals surface area contributed by atoms with E-state index in [9.17, 15) is 4.79 Å². The number of carboxylic acids is 1.